The van der Waals surface area contributed by atoms with Crippen LogP contribution in [0.3, 0.4) is 0 Å². The summed E-state index contributed by atoms with van der Waals surface area (Å²) in [4.78, 5) is 42.4. The zero-order valence-electron chi connectivity index (χ0n) is 16.9. The molecule has 1 aliphatic carbocycles. The molecular formula is C20H22N8O3. The van der Waals surface area contributed by atoms with Crippen molar-refractivity contribution in [2.45, 2.75) is 38.6 Å². The van der Waals surface area contributed by atoms with E-state index in [0.717, 1.165) is 18.5 Å². The lowest BCUT2D eigenvalue weighted by Gasteiger charge is -2.12. The highest BCUT2D eigenvalue weighted by molar-refractivity contribution is 6.10. The van der Waals surface area contributed by atoms with Gasteiger partial charge >= 0.3 is 0 Å². The van der Waals surface area contributed by atoms with Gasteiger partial charge in [0, 0.05) is 12.3 Å². The number of nitrogens with one attached hydrogen (secondary N) is 2. The summed E-state index contributed by atoms with van der Waals surface area (Å²) in [5, 5.41) is 19.1. The van der Waals surface area contributed by atoms with Gasteiger partial charge in [-0.05, 0) is 12.8 Å². The van der Waals surface area contributed by atoms with Crippen LogP contribution in [0.25, 0.3) is 0 Å². The van der Waals surface area contributed by atoms with Crippen LogP contribution in [0.1, 0.15) is 58.8 Å². The minimum atomic E-state index is -0.525. The van der Waals surface area contributed by atoms with Gasteiger partial charge in [0.25, 0.3) is 5.91 Å². The summed E-state index contributed by atoms with van der Waals surface area (Å²) >= 11 is 0. The van der Waals surface area contributed by atoms with E-state index in [1.165, 1.54) is 17.2 Å². The quantitative estimate of drug-likeness (QED) is 0.440. The lowest BCUT2D eigenvalue weighted by Crippen LogP contribution is -2.20. The molecule has 1 amide bonds. The Morgan fingerprint density at radius 1 is 1.19 bits per heavy atom. The van der Waals surface area contributed by atoms with Crippen molar-refractivity contribution >= 4 is 28.9 Å². The Hall–Kier alpha value is -3.73. The molecule has 0 radical (unpaired) electrons. The van der Waals surface area contributed by atoms with E-state index >= 15 is 0 Å². The number of hydrogen-bond acceptors (Lipinski definition) is 9. The molecule has 3 aromatic rings. The predicted octanol–water partition coefficient (Wildman–Crippen LogP) is 1.92. The molecule has 1 aliphatic rings. The molecule has 11 nitrogen and oxygen atoms in total. The van der Waals surface area contributed by atoms with E-state index in [2.05, 4.69) is 35.7 Å². The van der Waals surface area contributed by atoms with Crippen molar-refractivity contribution in [2.75, 3.05) is 17.2 Å². The van der Waals surface area contributed by atoms with E-state index in [4.69, 9.17) is 0 Å². The average Bonchev–Trinajstić information content (AvgIpc) is 3.57. The molecule has 0 saturated heterocycles. The largest absolute Gasteiger partial charge is 0.394 e. The van der Waals surface area contributed by atoms with Crippen LogP contribution in [0, 0.1) is 0 Å². The number of aromatic nitrogens is 6. The van der Waals surface area contributed by atoms with Crippen molar-refractivity contribution in [3.8, 4) is 0 Å². The van der Waals surface area contributed by atoms with Crippen LogP contribution in [0.2, 0.25) is 0 Å². The first kappa shape index (κ1) is 20.5. The Bertz CT molecular complexity index is 1100. The van der Waals surface area contributed by atoms with Gasteiger partial charge in [0.2, 0.25) is 0 Å². The van der Waals surface area contributed by atoms with Crippen LogP contribution in [-0.4, -0.2) is 53.1 Å². The number of anilines is 3. The number of ketones is 1. The first-order valence-electron chi connectivity index (χ1n) is 10.0. The Labute approximate surface area is 178 Å². The van der Waals surface area contributed by atoms with Crippen molar-refractivity contribution in [3.05, 3.63) is 48.2 Å². The predicted molar refractivity (Wildman–Crippen MR) is 111 cm³/mol. The van der Waals surface area contributed by atoms with Crippen LogP contribution in [-0.2, 0) is 6.54 Å². The standard InChI is InChI=1S/C20H22N8O3/c1-2-16(30)18-15(10-24-28(18)5-6-29)27-20(31)17-19(25-13-7-21-11-22-8-13)23-9-14(26-17)12-3-4-12/h7-12,29H,2-6H2,1H3,(H,23,25)(H,27,31). The third-order valence-corrected chi connectivity index (χ3v) is 4.81. The Balaban J connectivity index is 1.66. The minimum Gasteiger partial charge on any atom is -0.394 e. The fraction of sp³-hybridized carbons (Fsp3) is 0.350. The molecule has 1 fully saturated rings. The van der Waals surface area contributed by atoms with Gasteiger partial charge in [-0.15, -0.1) is 0 Å². The molecule has 0 spiro atoms. The highest BCUT2D eigenvalue weighted by Gasteiger charge is 2.28. The van der Waals surface area contributed by atoms with Gasteiger partial charge in [-0.3, -0.25) is 14.3 Å². The van der Waals surface area contributed by atoms with E-state index in [1.807, 2.05) is 0 Å². The Morgan fingerprint density at radius 3 is 2.65 bits per heavy atom. The molecule has 3 N–H and O–H groups in total. The first-order chi connectivity index (χ1) is 15.1. The monoisotopic (exact) mass is 422 g/mol. The molecular weight excluding hydrogens is 400 g/mol. The molecule has 0 unspecified atom stereocenters. The molecule has 11 heteroatoms. The molecule has 0 aliphatic heterocycles. The number of carbonyl (C=O) groups excluding carboxylic acids is 2. The molecule has 0 bridgehead atoms. The van der Waals surface area contributed by atoms with Gasteiger partial charge in [0.1, 0.15) is 12.0 Å². The summed E-state index contributed by atoms with van der Waals surface area (Å²) < 4.78 is 1.38. The van der Waals surface area contributed by atoms with Gasteiger partial charge in [-0.2, -0.15) is 5.10 Å². The highest BCUT2D eigenvalue weighted by atomic mass is 16.3. The molecule has 3 heterocycles. The van der Waals surface area contributed by atoms with Gasteiger partial charge < -0.3 is 15.7 Å². The van der Waals surface area contributed by atoms with Crippen LogP contribution >= 0.6 is 0 Å². The zero-order valence-corrected chi connectivity index (χ0v) is 16.9. The normalized spacial score (nSPS) is 13.1. The second-order valence-electron chi connectivity index (χ2n) is 7.10. The third-order valence-electron chi connectivity index (χ3n) is 4.81. The number of nitrogens with zero attached hydrogens (tertiary/aromatic N) is 6. The molecule has 4 rings (SSSR count). The molecule has 31 heavy (non-hydrogen) atoms. The second-order valence-corrected chi connectivity index (χ2v) is 7.10. The van der Waals surface area contributed by atoms with Gasteiger partial charge in [0.15, 0.2) is 17.3 Å². The molecule has 160 valence electrons. The van der Waals surface area contributed by atoms with Crippen LogP contribution in [0.15, 0.2) is 31.1 Å². The van der Waals surface area contributed by atoms with Crippen LogP contribution in [0.4, 0.5) is 17.2 Å². The number of aliphatic hydroxyl groups is 1. The van der Waals surface area contributed by atoms with E-state index < -0.39 is 5.91 Å². The Kier molecular flexibility index (Phi) is 5.94. The molecule has 3 aromatic heterocycles. The van der Waals surface area contributed by atoms with Gasteiger partial charge in [-0.1, -0.05) is 6.92 Å². The van der Waals surface area contributed by atoms with Crippen molar-refractivity contribution in [1.82, 2.24) is 29.7 Å². The number of amides is 1. The second kappa shape index (κ2) is 8.96. The lowest BCUT2D eigenvalue weighted by molar-refractivity contribution is 0.0977. The maximum Gasteiger partial charge on any atom is 0.278 e. The third kappa shape index (κ3) is 4.56. The summed E-state index contributed by atoms with van der Waals surface area (Å²) in [5.41, 5.74) is 1.90. The van der Waals surface area contributed by atoms with Gasteiger partial charge in [0.05, 0.1) is 55.0 Å². The average molecular weight is 422 g/mol. The van der Waals surface area contributed by atoms with E-state index in [0.29, 0.717) is 11.6 Å². The van der Waals surface area contributed by atoms with Crippen molar-refractivity contribution < 1.29 is 14.7 Å². The SMILES string of the molecule is CCC(=O)c1c(NC(=O)c2nc(C3CC3)cnc2Nc2cncnc2)cnn1CCO. The van der Waals surface area contributed by atoms with Gasteiger partial charge in [-0.25, -0.2) is 19.9 Å². The number of rotatable bonds is 9. The van der Waals surface area contributed by atoms with Crippen molar-refractivity contribution in [3.63, 3.8) is 0 Å². The van der Waals surface area contributed by atoms with Crippen LogP contribution < -0.4 is 10.6 Å². The zero-order chi connectivity index (χ0) is 21.8. The smallest absolute Gasteiger partial charge is 0.278 e. The minimum absolute atomic E-state index is 0.0954. The summed E-state index contributed by atoms with van der Waals surface area (Å²) in [6, 6.07) is 0. The highest BCUT2D eigenvalue weighted by Crippen LogP contribution is 2.39. The summed E-state index contributed by atoms with van der Waals surface area (Å²) in [5.74, 6) is -0.164. The number of Topliss-reactive ketones (excluding diaryl/α,β-unsaturated/α-hetero) is 1. The fourth-order valence-electron chi connectivity index (χ4n) is 3.11. The van der Waals surface area contributed by atoms with Crippen LogP contribution in [0.5, 0.6) is 0 Å². The van der Waals surface area contributed by atoms with Crippen molar-refractivity contribution in [2.24, 2.45) is 0 Å². The summed E-state index contributed by atoms with van der Waals surface area (Å²) in [6.07, 6.45) is 9.83. The first-order valence-corrected chi connectivity index (χ1v) is 10.0. The van der Waals surface area contributed by atoms with E-state index in [1.54, 1.807) is 25.5 Å². The van der Waals surface area contributed by atoms with Crippen molar-refractivity contribution in [1.29, 1.82) is 0 Å². The molecule has 1 saturated carbocycles. The summed E-state index contributed by atoms with van der Waals surface area (Å²) in [6.45, 7) is 1.69. The number of carbonyl (C=O) groups is 2. The number of hydrogen-bond donors (Lipinski definition) is 3. The molecule has 0 atom stereocenters. The topological polar surface area (TPSA) is 148 Å². The maximum atomic E-state index is 13.2. The molecule has 0 aromatic carbocycles. The fourth-order valence-corrected chi connectivity index (χ4v) is 3.11. The Morgan fingerprint density at radius 2 is 1.97 bits per heavy atom. The van der Waals surface area contributed by atoms with E-state index in [9.17, 15) is 14.7 Å². The summed E-state index contributed by atoms with van der Waals surface area (Å²) in [7, 11) is 0. The van der Waals surface area contributed by atoms with E-state index in [-0.39, 0.29) is 48.2 Å². The maximum absolute atomic E-state index is 13.2. The lowest BCUT2D eigenvalue weighted by atomic mass is 10.2. The number of aliphatic hydroxyl groups excluding tert-OH is 1.